The Bertz CT molecular complexity index is 1380. The first kappa shape index (κ1) is 27.7. The second-order valence-electron chi connectivity index (χ2n) is 10.9. The fraction of sp³-hybridized carbons (Fsp3) is 0.536. The Morgan fingerprint density at radius 2 is 1.82 bits per heavy atom. The SMILES string of the molecule is Cc1cc(N)nc(-c2cc3nc(OC4CCCC4N(C)C)nc(N4CCCC[C@@H]4C)c3cc2Cl)c1C(F)(F)F. The molecule has 39 heavy (non-hydrogen) atoms. The van der Waals surface area contributed by atoms with E-state index >= 15 is 0 Å². The number of likely N-dealkylation sites (N-methyl/N-ethyl adjacent to an activating group) is 1. The monoisotopic (exact) mass is 562 g/mol. The van der Waals surface area contributed by atoms with Crippen molar-refractivity contribution in [3.05, 3.63) is 34.3 Å². The highest BCUT2D eigenvalue weighted by atomic mass is 35.5. The maximum atomic E-state index is 14.1. The fourth-order valence-electron chi connectivity index (χ4n) is 6.00. The molecule has 3 aromatic rings. The standard InChI is InChI=1S/C28H34ClF3N6O/c1-15-12-23(33)35-25(24(15)28(30,31)32)17-14-20-18(13-19(17)29)26(38-11-6-5-8-16(38)2)36-27(34-20)39-22-10-7-9-21(22)37(3)4/h12-14,16,21-22H,5-11H2,1-4H3,(H2,33,35)/t16-,21?,22?/m0/s1. The number of anilines is 2. The molecule has 1 saturated heterocycles. The zero-order valence-electron chi connectivity index (χ0n) is 22.6. The fourth-order valence-corrected chi connectivity index (χ4v) is 6.25. The van der Waals surface area contributed by atoms with E-state index in [0.717, 1.165) is 45.1 Å². The van der Waals surface area contributed by atoms with E-state index in [1.54, 1.807) is 12.1 Å². The topological polar surface area (TPSA) is 80.4 Å². The van der Waals surface area contributed by atoms with E-state index in [1.807, 2.05) is 14.1 Å². The first-order valence-corrected chi connectivity index (χ1v) is 13.8. The van der Waals surface area contributed by atoms with Gasteiger partial charge in [0.1, 0.15) is 17.7 Å². The van der Waals surface area contributed by atoms with Crippen LogP contribution in [0.15, 0.2) is 18.2 Å². The maximum absolute atomic E-state index is 14.1. The van der Waals surface area contributed by atoms with Crippen LogP contribution in [0.2, 0.25) is 5.02 Å². The lowest BCUT2D eigenvalue weighted by atomic mass is 9.99. The quantitative estimate of drug-likeness (QED) is 0.380. The van der Waals surface area contributed by atoms with Gasteiger partial charge in [0.25, 0.3) is 0 Å². The molecule has 0 bridgehead atoms. The van der Waals surface area contributed by atoms with Gasteiger partial charge in [-0.15, -0.1) is 0 Å². The molecule has 1 aliphatic carbocycles. The van der Waals surface area contributed by atoms with Gasteiger partial charge in [0.15, 0.2) is 0 Å². The van der Waals surface area contributed by atoms with Crippen molar-refractivity contribution in [2.24, 2.45) is 0 Å². The van der Waals surface area contributed by atoms with E-state index in [0.29, 0.717) is 16.7 Å². The van der Waals surface area contributed by atoms with Crippen molar-refractivity contribution in [2.45, 2.75) is 76.7 Å². The Morgan fingerprint density at radius 1 is 1.05 bits per heavy atom. The van der Waals surface area contributed by atoms with Gasteiger partial charge in [-0.1, -0.05) is 11.6 Å². The van der Waals surface area contributed by atoms with Gasteiger partial charge < -0.3 is 20.3 Å². The summed E-state index contributed by atoms with van der Waals surface area (Å²) in [4.78, 5) is 18.0. The molecule has 7 nitrogen and oxygen atoms in total. The Balaban J connectivity index is 1.70. The summed E-state index contributed by atoms with van der Waals surface area (Å²) in [6.45, 7) is 4.33. The molecule has 2 aliphatic rings. The first-order chi connectivity index (χ1) is 18.4. The van der Waals surface area contributed by atoms with Gasteiger partial charge in [0.2, 0.25) is 0 Å². The number of ether oxygens (including phenoxy) is 1. The highest BCUT2D eigenvalue weighted by Gasteiger charge is 2.38. The summed E-state index contributed by atoms with van der Waals surface area (Å²) in [7, 11) is 4.06. The number of nitrogen functional groups attached to an aromatic ring is 1. The summed E-state index contributed by atoms with van der Waals surface area (Å²) < 4.78 is 48.8. The van der Waals surface area contributed by atoms with Crippen LogP contribution in [0, 0.1) is 6.92 Å². The van der Waals surface area contributed by atoms with Crippen molar-refractivity contribution < 1.29 is 17.9 Å². The number of aryl methyl sites for hydroxylation is 1. The molecule has 11 heteroatoms. The molecule has 0 radical (unpaired) electrons. The number of alkyl halides is 3. The molecule has 2 unspecified atom stereocenters. The number of nitrogens with two attached hydrogens (primary N) is 1. The first-order valence-electron chi connectivity index (χ1n) is 13.4. The Morgan fingerprint density at radius 3 is 2.51 bits per heavy atom. The number of benzene rings is 1. The summed E-state index contributed by atoms with van der Waals surface area (Å²) in [5.41, 5.74) is 5.24. The van der Waals surface area contributed by atoms with Crippen LogP contribution in [-0.4, -0.2) is 58.7 Å². The molecule has 2 aromatic heterocycles. The number of nitrogens with zero attached hydrogens (tertiary/aromatic N) is 5. The van der Waals surface area contributed by atoms with Crippen molar-refractivity contribution in [1.29, 1.82) is 0 Å². The summed E-state index contributed by atoms with van der Waals surface area (Å²) in [5, 5.41) is 0.784. The van der Waals surface area contributed by atoms with Gasteiger partial charge in [0, 0.05) is 29.6 Å². The maximum Gasteiger partial charge on any atom is 0.418 e. The smallest absolute Gasteiger partial charge is 0.418 e. The average Bonchev–Trinajstić information content (AvgIpc) is 3.31. The Labute approximate surface area is 231 Å². The summed E-state index contributed by atoms with van der Waals surface area (Å²) in [6, 6.07) is 5.10. The van der Waals surface area contributed by atoms with Gasteiger partial charge in [-0.05, 0) is 90.2 Å². The number of halogens is 4. The molecule has 2 fully saturated rings. The molecule has 3 heterocycles. The number of fused-ring (bicyclic) bond motifs is 1. The van der Waals surface area contributed by atoms with Gasteiger partial charge in [-0.25, -0.2) is 4.98 Å². The van der Waals surface area contributed by atoms with Crippen LogP contribution in [0.1, 0.15) is 56.6 Å². The molecule has 0 amide bonds. The van der Waals surface area contributed by atoms with Crippen molar-refractivity contribution in [3.8, 4) is 17.3 Å². The zero-order chi connectivity index (χ0) is 28.1. The third-order valence-electron chi connectivity index (χ3n) is 7.93. The molecule has 210 valence electrons. The molecule has 1 aliphatic heterocycles. The second-order valence-corrected chi connectivity index (χ2v) is 11.3. The third-order valence-corrected chi connectivity index (χ3v) is 8.24. The van der Waals surface area contributed by atoms with Crippen LogP contribution < -0.4 is 15.4 Å². The van der Waals surface area contributed by atoms with E-state index in [9.17, 15) is 13.2 Å². The number of piperidine rings is 1. The molecule has 1 saturated carbocycles. The number of aromatic nitrogens is 3. The normalized spacial score (nSPS) is 22.2. The molecule has 2 N–H and O–H groups in total. The Kier molecular flexibility index (Phi) is 7.54. The summed E-state index contributed by atoms with van der Waals surface area (Å²) in [6.07, 6.45) is 1.38. The highest BCUT2D eigenvalue weighted by Crippen LogP contribution is 2.43. The lowest BCUT2D eigenvalue weighted by Gasteiger charge is -2.35. The minimum atomic E-state index is -4.64. The molecular weight excluding hydrogens is 529 g/mol. The largest absolute Gasteiger partial charge is 0.458 e. The lowest BCUT2D eigenvalue weighted by Crippen LogP contribution is -2.39. The lowest BCUT2D eigenvalue weighted by molar-refractivity contribution is -0.137. The number of hydrogen-bond donors (Lipinski definition) is 1. The van der Waals surface area contributed by atoms with Crippen molar-refractivity contribution in [2.75, 3.05) is 31.3 Å². The second kappa shape index (κ2) is 10.6. The van der Waals surface area contributed by atoms with Gasteiger partial charge in [-0.3, -0.25) is 0 Å². The van der Waals surface area contributed by atoms with E-state index in [4.69, 9.17) is 32.0 Å². The predicted octanol–water partition coefficient (Wildman–Crippen LogP) is 6.49. The molecular formula is C28H34ClF3N6O. The number of rotatable bonds is 5. The molecule has 5 rings (SSSR count). The minimum absolute atomic E-state index is 0.0165. The van der Waals surface area contributed by atoms with Crippen molar-refractivity contribution in [3.63, 3.8) is 0 Å². The van der Waals surface area contributed by atoms with Gasteiger partial charge in [0.05, 0.1) is 21.8 Å². The Hall–Kier alpha value is -2.85. The highest BCUT2D eigenvalue weighted by molar-refractivity contribution is 6.34. The van der Waals surface area contributed by atoms with Gasteiger partial charge in [-0.2, -0.15) is 23.1 Å². The van der Waals surface area contributed by atoms with Crippen LogP contribution in [0.3, 0.4) is 0 Å². The summed E-state index contributed by atoms with van der Waals surface area (Å²) >= 11 is 6.68. The van der Waals surface area contributed by atoms with Crippen molar-refractivity contribution in [1.82, 2.24) is 19.9 Å². The number of hydrogen-bond acceptors (Lipinski definition) is 7. The van der Waals surface area contributed by atoms with E-state index < -0.39 is 11.7 Å². The van der Waals surface area contributed by atoms with Crippen LogP contribution >= 0.6 is 11.6 Å². The average molecular weight is 563 g/mol. The van der Waals surface area contributed by atoms with Crippen molar-refractivity contribution >= 4 is 34.1 Å². The predicted molar refractivity (Wildman–Crippen MR) is 148 cm³/mol. The molecule has 0 spiro atoms. The summed E-state index contributed by atoms with van der Waals surface area (Å²) in [5.74, 6) is 0.667. The third kappa shape index (κ3) is 5.45. The van der Waals surface area contributed by atoms with Crippen LogP contribution in [0.5, 0.6) is 6.01 Å². The van der Waals surface area contributed by atoms with Crippen LogP contribution in [-0.2, 0) is 6.18 Å². The minimum Gasteiger partial charge on any atom is -0.458 e. The van der Waals surface area contributed by atoms with E-state index in [2.05, 4.69) is 21.7 Å². The number of pyridine rings is 1. The molecule has 3 atom stereocenters. The van der Waals surface area contributed by atoms with E-state index in [-0.39, 0.29) is 51.9 Å². The van der Waals surface area contributed by atoms with E-state index in [1.165, 1.54) is 13.0 Å². The zero-order valence-corrected chi connectivity index (χ0v) is 23.4. The van der Waals surface area contributed by atoms with Gasteiger partial charge >= 0.3 is 12.2 Å². The van der Waals surface area contributed by atoms with Crippen LogP contribution in [0.4, 0.5) is 24.8 Å². The molecule has 1 aromatic carbocycles. The van der Waals surface area contributed by atoms with Crippen LogP contribution in [0.25, 0.3) is 22.2 Å².